The van der Waals surface area contributed by atoms with E-state index in [0.29, 0.717) is 67.5 Å². The van der Waals surface area contributed by atoms with Crippen LogP contribution in [-0.2, 0) is 97.2 Å². The first-order valence-corrected chi connectivity index (χ1v) is 42.4. The van der Waals surface area contributed by atoms with Gasteiger partial charge in [-0.15, -0.1) is 0 Å². The fourth-order valence-electron chi connectivity index (χ4n) is 5.22. The van der Waals surface area contributed by atoms with Crippen LogP contribution in [0, 0.1) is 0 Å². The molecule has 0 spiro atoms. The van der Waals surface area contributed by atoms with E-state index < -0.39 is 140 Å². The van der Waals surface area contributed by atoms with E-state index in [-0.39, 0.29) is 24.7 Å². The summed E-state index contributed by atoms with van der Waals surface area (Å²) in [5.41, 5.74) is 4.70. The summed E-state index contributed by atoms with van der Waals surface area (Å²) in [6.45, 7) is 6.43. The number of ketones is 3. The van der Waals surface area contributed by atoms with E-state index in [4.69, 9.17) is 117 Å². The summed E-state index contributed by atoms with van der Waals surface area (Å²) in [6.07, 6.45) is 9.47. The van der Waals surface area contributed by atoms with Crippen molar-refractivity contribution in [2.45, 2.75) is 60.8 Å². The van der Waals surface area contributed by atoms with E-state index in [1.165, 1.54) is 131 Å². The number of carbonyl (C=O) groups excluding carboxylic acids is 8. The Labute approximate surface area is 609 Å². The summed E-state index contributed by atoms with van der Waals surface area (Å²) < 4.78 is 18.2. The minimum atomic E-state index is -0.833. The second-order valence-corrected chi connectivity index (χ2v) is 25.6. The molecule has 0 bridgehead atoms. The molecule has 0 aromatic carbocycles. The Morgan fingerprint density at radius 3 is 0.653 bits per heavy atom. The van der Waals surface area contributed by atoms with Crippen LogP contribution in [0.25, 0.3) is 34.2 Å². The van der Waals surface area contributed by atoms with E-state index in [9.17, 15) is 43.2 Å². The molecule has 0 fully saturated rings. The predicted octanol–water partition coefficient (Wildman–Crippen LogP) is 8.27. The number of aliphatic hydroxyl groups is 3. The summed E-state index contributed by atoms with van der Waals surface area (Å²) in [7, 11) is 33.1. The third-order valence-electron chi connectivity index (χ3n) is 9.11. The van der Waals surface area contributed by atoms with Crippen LogP contribution in [-0.4, -0.2) is 194 Å². The fraction of sp³-hybridized carbons (Fsp3) is 0.263. The minimum absolute atomic E-state index is 0. The molecule has 0 saturated carbocycles. The molecule has 0 saturated heterocycles. The molecule has 6 rings (SSSR count). The Kier molecular flexibility index (Phi) is 72.9. The monoisotopic (exact) mass is 2050 g/mol. The number of pyridine rings is 6. The Balaban J connectivity index is -0.000000202. The first-order chi connectivity index (χ1) is 45.9. The van der Waals surface area contributed by atoms with E-state index >= 15 is 0 Å². The van der Waals surface area contributed by atoms with Gasteiger partial charge in [-0.1, -0.05) is 20.8 Å². The quantitative estimate of drug-likeness (QED) is 0.0117. The molecular weight excluding hydrogens is 1980 g/mol. The van der Waals surface area contributed by atoms with Crippen LogP contribution in [0.3, 0.4) is 0 Å². The molecule has 6 aromatic rings. The number of nitrogens with zero attached hydrogens (tertiary/aromatic N) is 6. The van der Waals surface area contributed by atoms with Crippen molar-refractivity contribution in [1.82, 2.24) is 29.9 Å². The summed E-state index contributed by atoms with van der Waals surface area (Å²) in [5.74, 6) is -6.80. The van der Waals surface area contributed by atoms with Gasteiger partial charge >= 0.3 is 142 Å². The number of carbonyl (C=O) groups is 12. The molecular formula is C57H68Cl6N6O26Pt3. The van der Waals surface area contributed by atoms with Crippen LogP contribution < -0.4 is 0 Å². The second-order valence-electron chi connectivity index (χ2n) is 15.8. The van der Waals surface area contributed by atoms with Crippen LogP contribution in [0.5, 0.6) is 0 Å². The molecule has 0 amide bonds. The maximum absolute atomic E-state index is 11.5. The van der Waals surface area contributed by atoms with Crippen LogP contribution in [0.4, 0.5) is 0 Å². The summed E-state index contributed by atoms with van der Waals surface area (Å²) in [5, 5.41) is 68.5. The number of hydrogen-bond acceptors (Lipinski definition) is 27. The number of methoxy groups -OCH3 is 3. The maximum atomic E-state index is 11.5. The molecule has 32 nitrogen and oxygen atoms in total. The first kappa shape index (κ1) is 104. The van der Waals surface area contributed by atoms with E-state index in [2.05, 4.69) is 48.9 Å². The van der Waals surface area contributed by atoms with E-state index in [1.54, 1.807) is 20.8 Å². The number of hydrogen-bond donors (Lipinski definition) is 9. The molecule has 0 aliphatic carbocycles. The SMILES string of the molecule is CC(=O)O.CC(=O)O.CC(=O)O.CCC(=O)O.CCC(=O)OC(=O)CC.COC(=O)c1ccnc(-c2cc(C(=O)CO)ccn2)c1.COC(=O)c1ccnc(-c2cc(C(=O)CO)ccn2)c1.COC(=O)c1ccnc(-c2cc(C(=O)CO)ccn2)c1.O.OO.[Cl][Pt][Cl].[Cl][Pt][Cl].[Cl][Pt][Cl]. The molecule has 0 aliphatic heterocycles. The average Bonchev–Trinajstić information content (AvgIpc) is 0.856. The molecule has 6 aromatic heterocycles. The van der Waals surface area contributed by atoms with Gasteiger partial charge in [0.25, 0.3) is 17.9 Å². The number of halogens is 6. The normalized spacial score (nSPS) is 8.86. The molecule has 554 valence electrons. The molecule has 11 N–H and O–H groups in total. The van der Waals surface area contributed by atoms with Crippen LogP contribution in [0.2, 0.25) is 0 Å². The zero-order chi connectivity index (χ0) is 76.0. The first-order valence-electron chi connectivity index (χ1n) is 25.5. The van der Waals surface area contributed by atoms with Gasteiger partial charge in [0.05, 0.1) is 72.2 Å². The van der Waals surface area contributed by atoms with Crippen molar-refractivity contribution in [1.29, 1.82) is 0 Å². The molecule has 98 heavy (non-hydrogen) atoms. The van der Waals surface area contributed by atoms with Crippen LogP contribution >= 0.6 is 56.5 Å². The third-order valence-corrected chi connectivity index (χ3v) is 9.11. The van der Waals surface area contributed by atoms with Gasteiger partial charge < -0.3 is 60.2 Å². The van der Waals surface area contributed by atoms with Gasteiger partial charge in [-0.2, -0.15) is 0 Å². The van der Waals surface area contributed by atoms with Gasteiger partial charge in [0.2, 0.25) is 0 Å². The molecule has 0 atom stereocenters. The predicted molar refractivity (Wildman–Crippen MR) is 344 cm³/mol. The van der Waals surface area contributed by atoms with Crippen molar-refractivity contribution in [3.8, 4) is 34.2 Å². The molecule has 0 aliphatic rings. The third kappa shape index (κ3) is 55.9. The number of carboxylic acids is 4. The van der Waals surface area contributed by atoms with Gasteiger partial charge in [-0.3, -0.25) is 83.6 Å². The van der Waals surface area contributed by atoms with Crippen LogP contribution in [0.15, 0.2) is 110 Å². The number of aromatic nitrogens is 6. The number of aliphatic carboxylic acids is 4. The molecule has 0 radical (unpaired) electrons. The van der Waals surface area contributed by atoms with Crippen LogP contribution in [0.1, 0.15) is 123 Å². The summed E-state index contributed by atoms with van der Waals surface area (Å²) in [4.78, 5) is 150. The number of rotatable bonds is 15. The molecule has 41 heteroatoms. The number of ether oxygens (including phenoxy) is 4. The van der Waals surface area contributed by atoms with Crippen molar-refractivity contribution in [2.75, 3.05) is 41.2 Å². The van der Waals surface area contributed by atoms with Gasteiger partial charge in [0.1, 0.15) is 19.8 Å². The Morgan fingerprint density at radius 2 is 0.520 bits per heavy atom. The number of Topliss-reactive ketones (excluding diaryl/α,β-unsaturated/α-hetero) is 3. The van der Waals surface area contributed by atoms with E-state index in [0.717, 1.165) is 20.8 Å². The van der Waals surface area contributed by atoms with Crippen molar-refractivity contribution >= 4 is 128 Å². The zero-order valence-electron chi connectivity index (χ0n) is 52.6. The fourth-order valence-corrected chi connectivity index (χ4v) is 5.22. The van der Waals surface area contributed by atoms with Gasteiger partial charge in [0.15, 0.2) is 17.3 Å². The zero-order valence-corrected chi connectivity index (χ0v) is 63.9. The van der Waals surface area contributed by atoms with Crippen molar-refractivity contribution in [3.05, 3.63) is 143 Å². The standard InChI is InChI=1S/3C14H12N2O4.C6H10O3.C3H6O2.3C2H4O2.6ClH.H2O2.H2O.3Pt/c3*1-20-14(19)10-3-5-16-12(7-10)11-6-9(2-4-15-11)13(18)8-17;1-3-5(7)9-6(8)4-2;1-2-3(4)5;3*1-2(3)4;;;;;;;1-2;;;;/h3*2-7,17H,8H2,1H3;3-4H2,1-2H3;2H2,1H3,(H,4,5);3*1H3,(H,3,4);6*1H;1-2H;1H2;;;/q;;;;;;;;;;;;;;;;3*+2/p-6. The van der Waals surface area contributed by atoms with Crippen molar-refractivity contribution < 1.29 is 178 Å². The van der Waals surface area contributed by atoms with Crippen molar-refractivity contribution in [2.24, 2.45) is 0 Å². The van der Waals surface area contributed by atoms with Gasteiger partial charge in [-0.25, -0.2) is 14.4 Å². The Hall–Kier alpha value is -7.10. The molecule has 6 heterocycles. The summed E-state index contributed by atoms with van der Waals surface area (Å²) >= 11 is -1.42. The Morgan fingerprint density at radius 1 is 0.367 bits per heavy atom. The van der Waals surface area contributed by atoms with Gasteiger partial charge in [-0.05, 0) is 72.8 Å². The molecule has 0 unspecified atom stereocenters. The Bertz CT molecular complexity index is 2850. The number of carboxylic acid groups (broad SMARTS) is 4. The number of esters is 5. The topological polar surface area (TPSA) is 533 Å². The second kappa shape index (κ2) is 68.4. The average molecular weight is 2050 g/mol. The number of aliphatic hydroxyl groups excluding tert-OH is 3. The van der Waals surface area contributed by atoms with Crippen molar-refractivity contribution in [3.63, 3.8) is 0 Å². The van der Waals surface area contributed by atoms with E-state index in [1.807, 2.05) is 0 Å². The summed E-state index contributed by atoms with van der Waals surface area (Å²) in [6, 6.07) is 18.2. The van der Waals surface area contributed by atoms with Gasteiger partial charge in [0, 0.05) is 93.9 Å².